The van der Waals surface area contributed by atoms with Crippen molar-refractivity contribution in [2.45, 2.75) is 39.2 Å². The summed E-state index contributed by atoms with van der Waals surface area (Å²) in [5.41, 5.74) is 4.85. The van der Waals surface area contributed by atoms with Gasteiger partial charge in [-0.15, -0.1) is 0 Å². The fraction of sp³-hybridized carbons (Fsp3) is 0.316. The van der Waals surface area contributed by atoms with E-state index in [-0.39, 0.29) is 30.6 Å². The molecule has 7 heteroatoms. The Kier molecular flexibility index (Phi) is 5.83. The van der Waals surface area contributed by atoms with Crippen LogP contribution in [0, 0.1) is 0 Å². The van der Waals surface area contributed by atoms with E-state index in [1.165, 1.54) is 25.8 Å². The molecule has 135 valence electrons. The predicted octanol–water partition coefficient (Wildman–Crippen LogP) is -1.40. The molecule has 0 bridgehead atoms. The van der Waals surface area contributed by atoms with E-state index in [9.17, 15) is 4.79 Å². The van der Waals surface area contributed by atoms with Crippen LogP contribution in [-0.4, -0.2) is 22.2 Å². The molecule has 1 unspecified atom stereocenters. The van der Waals surface area contributed by atoms with Crippen LogP contribution in [0.15, 0.2) is 46.0 Å². The smallest absolute Gasteiger partial charge is 1.00 e. The molecular weight excluding hydrogens is 435 g/mol. The Labute approximate surface area is 181 Å². The van der Waals surface area contributed by atoms with Crippen molar-refractivity contribution in [1.82, 2.24) is 0 Å². The van der Waals surface area contributed by atoms with Gasteiger partial charge in [0.25, 0.3) is 0 Å². The summed E-state index contributed by atoms with van der Waals surface area (Å²) in [6.07, 6.45) is 0. The average molecular weight is 456 g/mol. The number of hydrogen-bond acceptors (Lipinski definition) is 2. The van der Waals surface area contributed by atoms with Crippen LogP contribution in [0.3, 0.4) is 0 Å². The van der Waals surface area contributed by atoms with Crippen LogP contribution in [-0.2, 0) is 29.7 Å². The number of Topliss-reactive ketones (excluding diaryl/α,β-unsaturated/α-hetero) is 1. The maximum Gasteiger partial charge on any atom is -1.00 e. The van der Waals surface area contributed by atoms with Gasteiger partial charge in [-0.05, 0) is 0 Å². The molecule has 26 heavy (non-hydrogen) atoms. The van der Waals surface area contributed by atoms with Crippen molar-refractivity contribution in [1.29, 1.82) is 0 Å². The third-order valence-electron chi connectivity index (χ3n) is 5.28. The molecule has 0 saturated carbocycles. The zero-order valence-electron chi connectivity index (χ0n) is 15.6. The molecule has 0 N–H and O–H groups in total. The molecule has 0 aromatic heterocycles. The Morgan fingerprint density at radius 1 is 1.04 bits per heavy atom. The summed E-state index contributed by atoms with van der Waals surface area (Å²) in [4.78, 5) is 13.3. The molecule has 4 rings (SSSR count). The summed E-state index contributed by atoms with van der Waals surface area (Å²) in [7, 11) is -3.57. The summed E-state index contributed by atoms with van der Waals surface area (Å²) in [6.45, 7) is 11.0. The zero-order valence-corrected chi connectivity index (χ0v) is 20.7. The largest absolute Gasteiger partial charge is 1.00 e. The number of halogens is 2. The fourth-order valence-electron chi connectivity index (χ4n) is 3.96. The first-order chi connectivity index (χ1) is 11.2. The molecule has 2 aliphatic carbocycles. The van der Waals surface area contributed by atoms with Crippen molar-refractivity contribution < 1.29 is 54.5 Å². The van der Waals surface area contributed by atoms with E-state index in [0.717, 1.165) is 16.8 Å². The maximum absolute atomic E-state index is 13.3. The van der Waals surface area contributed by atoms with Gasteiger partial charge >= 0.3 is 158 Å². The third-order valence-corrected chi connectivity index (χ3v) is 11.3. The molecule has 1 atom stereocenters. The number of hydrogen-bond donors (Lipinski definition) is 0. The minimum absolute atomic E-state index is 0. The summed E-state index contributed by atoms with van der Waals surface area (Å²) in [5.74, 6) is 0.823. The number of fused-ring (bicyclic) bond motifs is 4. The number of carbonyl (C=O) groups excluding carboxylic acids is 1. The second-order valence-corrected chi connectivity index (χ2v) is 17.6. The monoisotopic (exact) mass is 455 g/mol. The topological polar surface area (TPSA) is 26.3 Å². The third kappa shape index (κ3) is 2.90. The molecule has 0 amide bonds. The van der Waals surface area contributed by atoms with E-state index in [0.29, 0.717) is 5.76 Å². The van der Waals surface area contributed by atoms with Gasteiger partial charge in [-0.1, -0.05) is 0 Å². The van der Waals surface area contributed by atoms with Crippen LogP contribution in [0.4, 0.5) is 0 Å². The van der Waals surface area contributed by atoms with Gasteiger partial charge in [0.1, 0.15) is 0 Å². The Hall–Kier alpha value is -0.362. The van der Waals surface area contributed by atoms with Crippen LogP contribution in [0.1, 0.15) is 18.1 Å². The summed E-state index contributed by atoms with van der Waals surface area (Å²) < 4.78 is 7.69. The number of rotatable bonds is 3. The first-order valence-electron chi connectivity index (χ1n) is 8.50. The fourth-order valence-corrected chi connectivity index (χ4v) is 9.53. The van der Waals surface area contributed by atoms with Gasteiger partial charge in [0.15, 0.2) is 0 Å². The van der Waals surface area contributed by atoms with E-state index >= 15 is 0 Å². The summed E-state index contributed by atoms with van der Waals surface area (Å²) in [5, 5.41) is 2.53. The van der Waals surface area contributed by atoms with E-state index in [1.54, 1.807) is 0 Å². The maximum atomic E-state index is 13.3. The Morgan fingerprint density at radius 3 is 2.15 bits per heavy atom. The number of carbonyl (C=O) groups is 1. The molecule has 2 nitrogen and oxygen atoms in total. The first-order valence-corrected chi connectivity index (χ1v) is 15.4. The SMILES string of the molecule is CC[Si]1(C)C2=C1C1=[C]([Ti+2])c3ccccc3C1=C(O[Si](C)(C)C)C2=O.[Cl-].[Cl-]. The van der Waals surface area contributed by atoms with Crippen LogP contribution in [0.5, 0.6) is 0 Å². The summed E-state index contributed by atoms with van der Waals surface area (Å²) >= 11 is 2.20. The Bertz CT molecular complexity index is 912. The quantitative estimate of drug-likeness (QED) is 0.524. The molecule has 1 aromatic carbocycles. The standard InChI is InChI=1S/C19H21O2Si2.2ClH.Ti/c1-6-23(5)18-14-11-12-9-7-8-10-13(12)15(14)17(16(20)19(18)23)21-22(2,3)4;;;/h7-10H,6H2,1-5H3;2*1H;/q;;;+2/p-2. The molecule has 0 saturated heterocycles. The predicted molar refractivity (Wildman–Crippen MR) is 98.8 cm³/mol. The number of ketones is 1. The van der Waals surface area contributed by atoms with Crippen LogP contribution < -0.4 is 24.8 Å². The van der Waals surface area contributed by atoms with Gasteiger partial charge < -0.3 is 24.8 Å². The summed E-state index contributed by atoms with van der Waals surface area (Å²) in [6, 6.07) is 9.56. The molecule has 1 aliphatic heterocycles. The van der Waals surface area contributed by atoms with Gasteiger partial charge in [0, 0.05) is 0 Å². The first kappa shape index (κ1) is 21.9. The van der Waals surface area contributed by atoms with Gasteiger partial charge in [-0.25, -0.2) is 0 Å². The van der Waals surface area contributed by atoms with Crippen molar-refractivity contribution in [2.24, 2.45) is 0 Å². The number of benzene rings is 1. The van der Waals surface area contributed by atoms with Crippen LogP contribution >= 0.6 is 0 Å². The van der Waals surface area contributed by atoms with Crippen molar-refractivity contribution in [3.05, 3.63) is 57.1 Å². The molecule has 0 spiro atoms. The van der Waals surface area contributed by atoms with Gasteiger partial charge in [0.2, 0.25) is 0 Å². The van der Waals surface area contributed by atoms with E-state index < -0.39 is 16.4 Å². The normalized spacial score (nSPS) is 23.1. The van der Waals surface area contributed by atoms with Crippen LogP contribution in [0.2, 0.25) is 32.2 Å². The van der Waals surface area contributed by atoms with Crippen molar-refractivity contribution in [2.75, 3.05) is 0 Å². The van der Waals surface area contributed by atoms with Crippen molar-refractivity contribution in [3.63, 3.8) is 0 Å². The second-order valence-electron chi connectivity index (χ2n) is 7.98. The second kappa shape index (κ2) is 6.91. The molecule has 0 fully saturated rings. The van der Waals surface area contributed by atoms with Gasteiger partial charge in [-0.2, -0.15) is 0 Å². The van der Waals surface area contributed by atoms with E-state index in [1.807, 2.05) is 0 Å². The van der Waals surface area contributed by atoms with Gasteiger partial charge in [-0.3, -0.25) is 0 Å². The minimum Gasteiger partial charge on any atom is -1.00 e. The van der Waals surface area contributed by atoms with E-state index in [4.69, 9.17) is 4.43 Å². The van der Waals surface area contributed by atoms with Crippen molar-refractivity contribution in [3.8, 4) is 0 Å². The Balaban J connectivity index is 0.00000121. The number of allylic oxidation sites excluding steroid dienone is 4. The average Bonchev–Trinajstić information content (AvgIpc) is 3.03. The van der Waals surface area contributed by atoms with E-state index in [2.05, 4.69) is 77.8 Å². The van der Waals surface area contributed by atoms with Gasteiger partial charge in [0.05, 0.1) is 0 Å². The Morgan fingerprint density at radius 2 is 1.62 bits per heavy atom. The molecular formula is C19H21Cl2O2Si2Ti. The molecule has 1 heterocycles. The van der Waals surface area contributed by atoms with Crippen molar-refractivity contribution >= 4 is 31.6 Å². The zero-order chi connectivity index (χ0) is 17.4. The molecule has 3 aliphatic rings. The minimum atomic E-state index is -1.87. The molecule has 1 aromatic rings. The molecule has 0 radical (unpaired) electrons. The van der Waals surface area contributed by atoms with Crippen LogP contribution in [0.25, 0.3) is 9.45 Å².